The quantitative estimate of drug-likeness (QED) is 0.717. The number of carbonyl (C=O) groups excluding carboxylic acids is 1. The lowest BCUT2D eigenvalue weighted by atomic mass is 10.2. The zero-order valence-electron chi connectivity index (χ0n) is 12.0. The topological polar surface area (TPSA) is 96.5 Å². The van der Waals surface area contributed by atoms with Crippen LogP contribution in [0.1, 0.15) is 5.56 Å². The average molecular weight is 313 g/mol. The highest BCUT2D eigenvalue weighted by Crippen LogP contribution is 2.20. The molecule has 8 heteroatoms. The Morgan fingerprint density at radius 1 is 1.43 bits per heavy atom. The summed E-state index contributed by atoms with van der Waals surface area (Å²) in [5.41, 5.74) is 1.26. The lowest BCUT2D eigenvalue weighted by molar-refractivity contribution is -0.120. The van der Waals surface area contributed by atoms with Crippen LogP contribution in [-0.4, -0.2) is 47.2 Å². The molecule has 1 aliphatic rings. The third-order valence-electron chi connectivity index (χ3n) is 3.28. The maximum atomic E-state index is 12.1. The van der Waals surface area contributed by atoms with E-state index in [0.717, 1.165) is 5.56 Å². The van der Waals surface area contributed by atoms with Crippen molar-refractivity contribution in [3.05, 3.63) is 23.8 Å². The van der Waals surface area contributed by atoms with Crippen LogP contribution in [0.5, 0.6) is 0 Å². The number of anilines is 1. The van der Waals surface area contributed by atoms with Gasteiger partial charge in [0.15, 0.2) is 0 Å². The highest BCUT2D eigenvalue weighted by atomic mass is 32.2. The number of ether oxygens (including phenoxy) is 1. The molecular weight excluding hydrogens is 294 g/mol. The van der Waals surface area contributed by atoms with Crippen molar-refractivity contribution in [1.29, 1.82) is 0 Å². The fourth-order valence-corrected chi connectivity index (χ4v) is 2.73. The van der Waals surface area contributed by atoms with Gasteiger partial charge < -0.3 is 15.4 Å². The van der Waals surface area contributed by atoms with Crippen LogP contribution >= 0.6 is 0 Å². The summed E-state index contributed by atoms with van der Waals surface area (Å²) in [6.45, 7) is 3.31. The fourth-order valence-electron chi connectivity index (χ4n) is 1.97. The molecule has 1 atom stereocenters. The molecule has 0 aromatic heterocycles. The molecule has 1 unspecified atom stereocenters. The van der Waals surface area contributed by atoms with Crippen molar-refractivity contribution in [3.8, 4) is 0 Å². The molecule has 1 aromatic carbocycles. The Bertz CT molecular complexity index is 624. The second-order valence-corrected chi connectivity index (χ2v) is 6.64. The monoisotopic (exact) mass is 313 g/mol. The van der Waals surface area contributed by atoms with Crippen LogP contribution < -0.4 is 15.4 Å². The summed E-state index contributed by atoms with van der Waals surface area (Å²) < 4.78 is 31.1. The molecule has 1 aromatic rings. The number of rotatable bonds is 4. The molecule has 0 aliphatic carbocycles. The molecule has 116 valence electrons. The van der Waals surface area contributed by atoms with Gasteiger partial charge in [-0.2, -0.15) is 0 Å². The highest BCUT2D eigenvalue weighted by molar-refractivity contribution is 7.89. The molecule has 0 radical (unpaired) electrons. The molecule has 7 nitrogen and oxygen atoms in total. The van der Waals surface area contributed by atoms with Gasteiger partial charge in [0.25, 0.3) is 0 Å². The second kappa shape index (κ2) is 6.52. The van der Waals surface area contributed by atoms with E-state index in [2.05, 4.69) is 15.4 Å². The molecule has 21 heavy (non-hydrogen) atoms. The number of hydrogen-bond donors (Lipinski definition) is 3. The van der Waals surface area contributed by atoms with Crippen molar-refractivity contribution >= 4 is 21.6 Å². The lowest BCUT2D eigenvalue weighted by Crippen LogP contribution is -2.48. The van der Waals surface area contributed by atoms with E-state index in [1.165, 1.54) is 19.2 Å². The number of nitrogens with one attached hydrogen (secondary N) is 3. The van der Waals surface area contributed by atoms with E-state index in [0.29, 0.717) is 25.4 Å². The normalized spacial score (nSPS) is 19.2. The van der Waals surface area contributed by atoms with E-state index < -0.39 is 16.1 Å². The van der Waals surface area contributed by atoms with Crippen LogP contribution in [-0.2, 0) is 19.6 Å². The number of sulfonamides is 1. The summed E-state index contributed by atoms with van der Waals surface area (Å²) in [5.74, 6) is -0.239. The molecular formula is C13H19N3O4S. The Morgan fingerprint density at radius 3 is 2.81 bits per heavy atom. The number of benzene rings is 1. The highest BCUT2D eigenvalue weighted by Gasteiger charge is 2.22. The van der Waals surface area contributed by atoms with Gasteiger partial charge in [0.05, 0.1) is 18.1 Å². The standard InChI is InChI=1S/C13H19N3O4S/c1-9-3-4-10(21(18,19)14-2)7-11(9)16-13(17)12-8-20-6-5-15-12/h3-4,7,12,14-15H,5-6,8H2,1-2H3,(H,16,17). The van der Waals surface area contributed by atoms with Crippen molar-refractivity contribution < 1.29 is 17.9 Å². The molecule has 0 saturated carbocycles. The van der Waals surface area contributed by atoms with Gasteiger partial charge in [-0.15, -0.1) is 0 Å². The fraction of sp³-hybridized carbons (Fsp3) is 0.462. The van der Waals surface area contributed by atoms with Crippen molar-refractivity contribution in [3.63, 3.8) is 0 Å². The van der Waals surface area contributed by atoms with Crippen LogP contribution in [0.3, 0.4) is 0 Å². The average Bonchev–Trinajstić information content (AvgIpc) is 2.50. The Morgan fingerprint density at radius 2 is 2.19 bits per heavy atom. The zero-order valence-corrected chi connectivity index (χ0v) is 12.8. The van der Waals surface area contributed by atoms with Crippen molar-refractivity contribution in [2.75, 3.05) is 32.1 Å². The van der Waals surface area contributed by atoms with Gasteiger partial charge in [0.1, 0.15) is 6.04 Å². The first-order chi connectivity index (χ1) is 9.94. The summed E-state index contributed by atoms with van der Waals surface area (Å²) >= 11 is 0. The predicted molar refractivity (Wildman–Crippen MR) is 78.7 cm³/mol. The summed E-state index contributed by atoms with van der Waals surface area (Å²) in [6, 6.07) is 4.18. The van der Waals surface area contributed by atoms with Gasteiger partial charge in [0, 0.05) is 12.2 Å². The third-order valence-corrected chi connectivity index (χ3v) is 4.70. The van der Waals surface area contributed by atoms with Gasteiger partial charge in [-0.05, 0) is 31.7 Å². The number of carbonyl (C=O) groups is 1. The second-order valence-electron chi connectivity index (χ2n) is 4.76. The summed E-state index contributed by atoms with van der Waals surface area (Å²) in [6.07, 6.45) is 0. The first-order valence-electron chi connectivity index (χ1n) is 6.60. The van der Waals surface area contributed by atoms with Crippen LogP contribution in [0.25, 0.3) is 0 Å². The van der Waals surface area contributed by atoms with E-state index in [4.69, 9.17) is 4.74 Å². The van der Waals surface area contributed by atoms with Gasteiger partial charge in [-0.3, -0.25) is 4.79 Å². The van der Waals surface area contributed by atoms with Crippen LogP contribution in [0.15, 0.2) is 23.1 Å². The van der Waals surface area contributed by atoms with Gasteiger partial charge in [0.2, 0.25) is 15.9 Å². The number of aryl methyl sites for hydroxylation is 1. The number of hydrogen-bond acceptors (Lipinski definition) is 5. The predicted octanol–water partition coefficient (Wildman–Crippen LogP) is -0.170. The molecule has 1 heterocycles. The first-order valence-corrected chi connectivity index (χ1v) is 8.08. The van der Waals surface area contributed by atoms with Gasteiger partial charge in [-0.25, -0.2) is 13.1 Å². The van der Waals surface area contributed by atoms with E-state index in [9.17, 15) is 13.2 Å². The van der Waals surface area contributed by atoms with Crippen molar-refractivity contribution in [1.82, 2.24) is 10.0 Å². The molecule has 1 amide bonds. The lowest BCUT2D eigenvalue weighted by Gasteiger charge is -2.23. The minimum atomic E-state index is -3.54. The Hall–Kier alpha value is -1.48. The minimum absolute atomic E-state index is 0.110. The molecule has 1 saturated heterocycles. The number of morpholine rings is 1. The van der Waals surface area contributed by atoms with Gasteiger partial charge >= 0.3 is 0 Å². The molecule has 1 aliphatic heterocycles. The van der Waals surface area contributed by atoms with Crippen LogP contribution in [0.2, 0.25) is 0 Å². The summed E-state index contributed by atoms with van der Waals surface area (Å²) in [5, 5.41) is 5.79. The Balaban J connectivity index is 2.19. The first kappa shape index (κ1) is 15.9. The van der Waals surface area contributed by atoms with E-state index in [1.54, 1.807) is 13.0 Å². The van der Waals surface area contributed by atoms with Crippen molar-refractivity contribution in [2.24, 2.45) is 0 Å². The largest absolute Gasteiger partial charge is 0.378 e. The molecule has 2 rings (SSSR count). The zero-order chi connectivity index (χ0) is 15.5. The van der Waals surface area contributed by atoms with Gasteiger partial charge in [-0.1, -0.05) is 6.07 Å². The maximum Gasteiger partial charge on any atom is 0.243 e. The molecule has 3 N–H and O–H groups in total. The van der Waals surface area contributed by atoms with Crippen LogP contribution in [0.4, 0.5) is 5.69 Å². The minimum Gasteiger partial charge on any atom is -0.378 e. The summed E-state index contributed by atoms with van der Waals surface area (Å²) in [7, 11) is -2.20. The SMILES string of the molecule is CNS(=O)(=O)c1ccc(C)c(NC(=O)C2COCCN2)c1. The summed E-state index contributed by atoms with van der Waals surface area (Å²) in [4.78, 5) is 12.2. The van der Waals surface area contributed by atoms with E-state index in [1.807, 2.05) is 0 Å². The Kier molecular flexibility index (Phi) is 4.94. The van der Waals surface area contributed by atoms with Crippen molar-refractivity contribution in [2.45, 2.75) is 17.9 Å². The molecule has 0 bridgehead atoms. The van der Waals surface area contributed by atoms with E-state index >= 15 is 0 Å². The van der Waals surface area contributed by atoms with E-state index in [-0.39, 0.29) is 10.8 Å². The molecule has 0 spiro atoms. The third kappa shape index (κ3) is 3.79. The maximum absolute atomic E-state index is 12.1. The Labute approximate surface area is 124 Å². The smallest absolute Gasteiger partial charge is 0.243 e. The number of amides is 1. The molecule has 1 fully saturated rings. The van der Waals surface area contributed by atoms with Crippen LogP contribution in [0, 0.1) is 6.92 Å².